The van der Waals surface area contributed by atoms with Crippen LogP contribution in [0.25, 0.3) is 21.1 Å². The van der Waals surface area contributed by atoms with Crippen LogP contribution in [0.2, 0.25) is 0 Å². The Balaban J connectivity index is 2.74. The third kappa shape index (κ3) is 1.08. The predicted molar refractivity (Wildman–Crippen MR) is 59.5 cm³/mol. The van der Waals surface area contributed by atoms with Gasteiger partial charge < -0.3 is 9.52 Å². The smallest absolute Gasteiger partial charge is 0.354 e. The Bertz CT molecular complexity index is 708. The molecule has 1 aromatic carbocycles. The molecule has 0 saturated heterocycles. The van der Waals surface area contributed by atoms with Gasteiger partial charge in [-0.2, -0.15) is 0 Å². The Morgan fingerprint density at radius 3 is 3.00 bits per heavy atom. The van der Waals surface area contributed by atoms with Gasteiger partial charge in [0.2, 0.25) is 0 Å². The van der Waals surface area contributed by atoms with Crippen LogP contribution in [0.4, 0.5) is 0 Å². The summed E-state index contributed by atoms with van der Waals surface area (Å²) in [5.41, 5.74) is 0.0731. The number of rotatable bonds is 0. The zero-order valence-electron chi connectivity index (χ0n) is 7.56. The van der Waals surface area contributed by atoms with E-state index in [4.69, 9.17) is 4.42 Å². The predicted octanol–water partition coefficient (Wildman–Crippen LogP) is 2.71. The molecule has 0 spiro atoms. The number of fused-ring (bicyclic) bond motifs is 3. The van der Waals surface area contributed by atoms with Crippen LogP contribution in [0, 0.1) is 0 Å². The molecule has 0 saturated carbocycles. The van der Waals surface area contributed by atoms with E-state index in [-0.39, 0.29) is 11.4 Å². The van der Waals surface area contributed by atoms with E-state index in [9.17, 15) is 9.90 Å². The molecule has 2 heterocycles. The third-order valence-electron chi connectivity index (χ3n) is 2.33. The van der Waals surface area contributed by atoms with Gasteiger partial charge in [0, 0.05) is 5.39 Å². The van der Waals surface area contributed by atoms with Crippen molar-refractivity contribution in [2.45, 2.75) is 0 Å². The molecule has 2 aromatic heterocycles. The molecule has 1 N–H and O–H groups in total. The Kier molecular flexibility index (Phi) is 1.61. The third-order valence-corrected chi connectivity index (χ3v) is 3.22. The lowest BCUT2D eigenvalue weighted by molar-refractivity contribution is 0.480. The monoisotopic (exact) mass is 218 g/mol. The first-order valence-corrected chi connectivity index (χ1v) is 5.27. The van der Waals surface area contributed by atoms with Crippen LogP contribution in [-0.4, -0.2) is 5.11 Å². The van der Waals surface area contributed by atoms with E-state index in [0.29, 0.717) is 15.7 Å². The summed E-state index contributed by atoms with van der Waals surface area (Å²) in [5, 5.41) is 12.9. The summed E-state index contributed by atoms with van der Waals surface area (Å²) in [6.45, 7) is 0. The summed E-state index contributed by atoms with van der Waals surface area (Å²) in [4.78, 5) is 11.5. The molecule has 74 valence electrons. The number of phenolic OH excluding ortho intramolecular Hbond substituents is 1. The van der Waals surface area contributed by atoms with Gasteiger partial charge in [-0.15, -0.1) is 11.3 Å². The van der Waals surface area contributed by atoms with Gasteiger partial charge in [0.25, 0.3) is 0 Å². The van der Waals surface area contributed by atoms with Crippen molar-refractivity contribution < 1.29 is 9.52 Å². The van der Waals surface area contributed by atoms with E-state index in [1.165, 1.54) is 11.3 Å². The first kappa shape index (κ1) is 8.49. The molecule has 3 aromatic rings. The molecule has 0 atom stereocenters. The van der Waals surface area contributed by atoms with Crippen molar-refractivity contribution in [2.24, 2.45) is 0 Å². The van der Waals surface area contributed by atoms with Gasteiger partial charge in [-0.25, -0.2) is 4.79 Å². The van der Waals surface area contributed by atoms with Gasteiger partial charge in [-0.1, -0.05) is 6.07 Å². The Hall–Kier alpha value is -1.81. The van der Waals surface area contributed by atoms with Crippen LogP contribution in [0.15, 0.2) is 38.9 Å². The van der Waals surface area contributed by atoms with E-state index >= 15 is 0 Å². The average Bonchev–Trinajstić information content (AvgIpc) is 2.66. The summed E-state index contributed by atoms with van der Waals surface area (Å²) in [6, 6.07) is 6.73. The number of hydrogen-bond acceptors (Lipinski definition) is 4. The van der Waals surface area contributed by atoms with Gasteiger partial charge >= 0.3 is 5.63 Å². The standard InChI is InChI=1S/C11H6O3S/c12-7-2-1-3-8-9(7)6-4-5-15-10(6)11(13)14-8/h1-5,12H. The van der Waals surface area contributed by atoms with E-state index in [2.05, 4.69) is 0 Å². The second kappa shape index (κ2) is 2.84. The topological polar surface area (TPSA) is 50.4 Å². The molecule has 0 aliphatic rings. The van der Waals surface area contributed by atoms with Crippen molar-refractivity contribution >= 4 is 32.4 Å². The summed E-state index contributed by atoms with van der Waals surface area (Å²) >= 11 is 1.32. The van der Waals surface area contributed by atoms with Crippen molar-refractivity contribution in [1.29, 1.82) is 0 Å². The molecule has 0 bridgehead atoms. The number of aromatic hydroxyl groups is 1. The van der Waals surface area contributed by atoms with Crippen LogP contribution >= 0.6 is 11.3 Å². The molecule has 15 heavy (non-hydrogen) atoms. The highest BCUT2D eigenvalue weighted by atomic mass is 32.1. The lowest BCUT2D eigenvalue weighted by Crippen LogP contribution is -1.96. The molecule has 0 aliphatic heterocycles. The number of phenols is 1. The molecule has 0 amide bonds. The fourth-order valence-electron chi connectivity index (χ4n) is 1.69. The SMILES string of the molecule is O=c1oc2cccc(O)c2c2ccsc12. The van der Waals surface area contributed by atoms with Crippen LogP contribution in [-0.2, 0) is 0 Å². The van der Waals surface area contributed by atoms with Crippen molar-refractivity contribution in [3.8, 4) is 5.75 Å². The van der Waals surface area contributed by atoms with Crippen molar-refractivity contribution in [1.82, 2.24) is 0 Å². The summed E-state index contributed by atoms with van der Waals surface area (Å²) < 4.78 is 5.65. The number of benzene rings is 1. The van der Waals surface area contributed by atoms with Crippen LogP contribution in [0.3, 0.4) is 0 Å². The molecule has 0 radical (unpaired) electrons. The summed E-state index contributed by atoms with van der Waals surface area (Å²) in [7, 11) is 0. The average molecular weight is 218 g/mol. The molecule has 0 fully saturated rings. The maximum absolute atomic E-state index is 11.5. The Morgan fingerprint density at radius 1 is 1.27 bits per heavy atom. The van der Waals surface area contributed by atoms with Crippen LogP contribution in [0.5, 0.6) is 5.75 Å². The van der Waals surface area contributed by atoms with Gasteiger partial charge in [0.15, 0.2) is 0 Å². The van der Waals surface area contributed by atoms with E-state index in [1.54, 1.807) is 18.2 Å². The first-order valence-electron chi connectivity index (χ1n) is 4.39. The number of hydrogen-bond donors (Lipinski definition) is 1. The molecular weight excluding hydrogens is 212 g/mol. The molecule has 3 rings (SSSR count). The van der Waals surface area contributed by atoms with Gasteiger partial charge in [-0.05, 0) is 23.6 Å². The maximum Gasteiger partial charge on any atom is 0.354 e. The molecule has 0 aliphatic carbocycles. The van der Waals surface area contributed by atoms with Crippen molar-refractivity contribution in [2.75, 3.05) is 0 Å². The Morgan fingerprint density at radius 2 is 2.13 bits per heavy atom. The molecular formula is C11H6O3S. The summed E-state index contributed by atoms with van der Waals surface area (Å²) in [5.74, 6) is 0.139. The maximum atomic E-state index is 11.5. The van der Waals surface area contributed by atoms with Crippen LogP contribution < -0.4 is 5.63 Å². The second-order valence-corrected chi connectivity index (χ2v) is 4.12. The lowest BCUT2D eigenvalue weighted by atomic mass is 10.1. The zero-order valence-corrected chi connectivity index (χ0v) is 8.38. The van der Waals surface area contributed by atoms with Gasteiger partial charge in [-0.3, -0.25) is 0 Å². The van der Waals surface area contributed by atoms with E-state index in [0.717, 1.165) is 5.39 Å². The zero-order chi connectivity index (χ0) is 10.4. The van der Waals surface area contributed by atoms with Crippen LogP contribution in [0.1, 0.15) is 0 Å². The fourth-order valence-corrected chi connectivity index (χ4v) is 2.46. The highest BCUT2D eigenvalue weighted by Gasteiger charge is 2.10. The van der Waals surface area contributed by atoms with Crippen molar-refractivity contribution in [3.63, 3.8) is 0 Å². The highest BCUT2D eigenvalue weighted by molar-refractivity contribution is 7.17. The Labute approximate surface area is 88.2 Å². The quantitative estimate of drug-likeness (QED) is 0.590. The minimum absolute atomic E-state index is 0.139. The molecule has 0 unspecified atom stereocenters. The molecule has 4 heteroatoms. The van der Waals surface area contributed by atoms with Crippen molar-refractivity contribution in [3.05, 3.63) is 40.1 Å². The van der Waals surface area contributed by atoms with Gasteiger partial charge in [0.1, 0.15) is 16.0 Å². The normalized spacial score (nSPS) is 11.2. The minimum Gasteiger partial charge on any atom is -0.507 e. The van der Waals surface area contributed by atoms with Gasteiger partial charge in [0.05, 0.1) is 5.39 Å². The minimum atomic E-state index is -0.349. The highest BCUT2D eigenvalue weighted by Crippen LogP contribution is 2.32. The first-order chi connectivity index (χ1) is 7.27. The second-order valence-electron chi connectivity index (χ2n) is 3.20. The largest absolute Gasteiger partial charge is 0.507 e. The fraction of sp³-hybridized carbons (Fsp3) is 0. The number of thiophene rings is 1. The van der Waals surface area contributed by atoms with E-state index in [1.807, 2.05) is 11.4 Å². The lowest BCUT2D eigenvalue weighted by Gasteiger charge is -2.00. The molecule has 3 nitrogen and oxygen atoms in total. The van der Waals surface area contributed by atoms with E-state index < -0.39 is 0 Å². The summed E-state index contributed by atoms with van der Waals surface area (Å²) in [6.07, 6.45) is 0.